The summed E-state index contributed by atoms with van der Waals surface area (Å²) >= 11 is 12.0. The molecule has 4 nitrogen and oxygen atoms in total. The number of benzene rings is 1. The van der Waals surface area contributed by atoms with Gasteiger partial charge in [-0.15, -0.1) is 0 Å². The highest BCUT2D eigenvalue weighted by molar-refractivity contribution is 6.39. The van der Waals surface area contributed by atoms with E-state index in [2.05, 4.69) is 10.2 Å². The molecular weight excluding hydrogens is 311 g/mol. The van der Waals surface area contributed by atoms with Crippen LogP contribution in [0.15, 0.2) is 18.2 Å². The summed E-state index contributed by atoms with van der Waals surface area (Å²) in [5.41, 5.74) is 0.470. The second-order valence-electron chi connectivity index (χ2n) is 5.39. The Labute approximate surface area is 135 Å². The maximum absolute atomic E-state index is 12.0. The van der Waals surface area contributed by atoms with Crippen molar-refractivity contribution in [2.24, 2.45) is 5.92 Å². The fraction of sp³-hybridized carbons (Fsp3) is 0.533. The summed E-state index contributed by atoms with van der Waals surface area (Å²) in [5.74, 6) is 0.232. The highest BCUT2D eigenvalue weighted by Gasteiger charge is 2.19. The molecule has 2 rings (SSSR count). The first-order chi connectivity index (χ1) is 10.1. The molecule has 1 heterocycles. The molecule has 1 aromatic carbocycles. The van der Waals surface area contributed by atoms with E-state index in [1.807, 2.05) is 0 Å². The van der Waals surface area contributed by atoms with Crippen molar-refractivity contribution < 1.29 is 9.90 Å². The Morgan fingerprint density at radius 3 is 2.76 bits per heavy atom. The van der Waals surface area contributed by atoms with Crippen molar-refractivity contribution in [3.8, 4) is 0 Å². The van der Waals surface area contributed by atoms with Crippen LogP contribution in [0.5, 0.6) is 0 Å². The van der Waals surface area contributed by atoms with Crippen molar-refractivity contribution >= 4 is 34.8 Å². The van der Waals surface area contributed by atoms with E-state index in [0.29, 0.717) is 34.6 Å². The van der Waals surface area contributed by atoms with E-state index in [1.165, 1.54) is 0 Å². The molecule has 116 valence electrons. The first-order valence-electron chi connectivity index (χ1n) is 7.17. The molecule has 21 heavy (non-hydrogen) atoms. The number of nitrogens with zero attached hydrogens (tertiary/aromatic N) is 1. The summed E-state index contributed by atoms with van der Waals surface area (Å²) in [7, 11) is 0. The molecule has 1 atom stereocenters. The molecule has 0 saturated carbocycles. The Kier molecular flexibility index (Phi) is 6.30. The Balaban J connectivity index is 1.82. The van der Waals surface area contributed by atoms with Gasteiger partial charge >= 0.3 is 0 Å². The van der Waals surface area contributed by atoms with Gasteiger partial charge in [-0.05, 0) is 37.4 Å². The number of aliphatic hydroxyl groups is 1. The highest BCUT2D eigenvalue weighted by atomic mass is 35.5. The smallest absolute Gasteiger partial charge is 0.225 e. The van der Waals surface area contributed by atoms with Gasteiger partial charge in [-0.2, -0.15) is 0 Å². The molecule has 1 saturated heterocycles. The minimum absolute atomic E-state index is 0.101. The van der Waals surface area contributed by atoms with Gasteiger partial charge in [0.05, 0.1) is 15.7 Å². The molecule has 0 bridgehead atoms. The third-order valence-electron chi connectivity index (χ3n) is 3.74. The lowest BCUT2D eigenvalue weighted by Crippen LogP contribution is -2.38. The highest BCUT2D eigenvalue weighted by Crippen LogP contribution is 2.29. The number of para-hydroxylation sites is 1. The number of carbonyl (C=O) groups excluding carboxylic acids is 1. The lowest BCUT2D eigenvalue weighted by molar-refractivity contribution is -0.116. The van der Waals surface area contributed by atoms with Crippen molar-refractivity contribution in [1.82, 2.24) is 4.90 Å². The fourth-order valence-electron chi connectivity index (χ4n) is 2.58. The number of rotatable bonds is 5. The van der Waals surface area contributed by atoms with Gasteiger partial charge in [0, 0.05) is 26.1 Å². The van der Waals surface area contributed by atoms with Crippen molar-refractivity contribution in [2.45, 2.75) is 19.3 Å². The molecule has 1 amide bonds. The fourth-order valence-corrected chi connectivity index (χ4v) is 3.07. The van der Waals surface area contributed by atoms with Crippen molar-refractivity contribution in [2.75, 3.05) is 31.6 Å². The van der Waals surface area contributed by atoms with E-state index in [-0.39, 0.29) is 12.5 Å². The van der Waals surface area contributed by atoms with E-state index in [0.717, 1.165) is 25.9 Å². The van der Waals surface area contributed by atoms with E-state index < -0.39 is 0 Å². The van der Waals surface area contributed by atoms with Gasteiger partial charge in [-0.1, -0.05) is 29.3 Å². The lowest BCUT2D eigenvalue weighted by Gasteiger charge is -2.31. The van der Waals surface area contributed by atoms with Crippen LogP contribution in [0.25, 0.3) is 0 Å². The van der Waals surface area contributed by atoms with E-state index in [9.17, 15) is 9.90 Å². The average molecular weight is 331 g/mol. The van der Waals surface area contributed by atoms with Crippen molar-refractivity contribution in [1.29, 1.82) is 0 Å². The maximum Gasteiger partial charge on any atom is 0.225 e. The molecule has 0 aromatic heterocycles. The second kappa shape index (κ2) is 7.99. The van der Waals surface area contributed by atoms with Crippen molar-refractivity contribution in [3.63, 3.8) is 0 Å². The van der Waals surface area contributed by atoms with Crippen LogP contribution in [0, 0.1) is 5.92 Å². The molecule has 1 aliphatic heterocycles. The summed E-state index contributed by atoms with van der Waals surface area (Å²) in [6.07, 6.45) is 2.53. The third kappa shape index (κ3) is 4.85. The molecule has 1 aliphatic rings. The van der Waals surface area contributed by atoms with Crippen LogP contribution >= 0.6 is 23.2 Å². The van der Waals surface area contributed by atoms with Crippen LogP contribution in [0.1, 0.15) is 19.3 Å². The van der Waals surface area contributed by atoms with Gasteiger partial charge in [0.15, 0.2) is 0 Å². The van der Waals surface area contributed by atoms with E-state index in [1.54, 1.807) is 18.2 Å². The Hall–Kier alpha value is -0.810. The number of hydrogen-bond acceptors (Lipinski definition) is 3. The van der Waals surface area contributed by atoms with Gasteiger partial charge in [0.25, 0.3) is 0 Å². The molecule has 0 spiro atoms. The monoisotopic (exact) mass is 330 g/mol. The van der Waals surface area contributed by atoms with Crippen LogP contribution in [0.3, 0.4) is 0 Å². The van der Waals surface area contributed by atoms with Gasteiger partial charge in [0.2, 0.25) is 5.91 Å². The van der Waals surface area contributed by atoms with Crippen molar-refractivity contribution in [3.05, 3.63) is 28.2 Å². The zero-order valence-corrected chi connectivity index (χ0v) is 13.3. The second-order valence-corrected chi connectivity index (χ2v) is 6.20. The number of anilines is 1. The maximum atomic E-state index is 12.0. The standard InChI is InChI=1S/C15H20Cl2N2O2/c16-12-4-1-5-13(17)15(12)18-14(21)6-8-19-7-2-3-11(9-19)10-20/h1,4-5,11,20H,2-3,6-10H2,(H,18,21). The number of nitrogens with one attached hydrogen (secondary N) is 1. The topological polar surface area (TPSA) is 52.6 Å². The normalized spacial score (nSPS) is 19.5. The minimum Gasteiger partial charge on any atom is -0.396 e. The molecule has 1 fully saturated rings. The summed E-state index contributed by atoms with van der Waals surface area (Å²) in [5, 5.41) is 12.8. The molecule has 6 heteroatoms. The van der Waals surface area contributed by atoms with Crippen LogP contribution in [-0.2, 0) is 4.79 Å². The molecule has 2 N–H and O–H groups in total. The SMILES string of the molecule is O=C(CCN1CCCC(CO)C1)Nc1c(Cl)cccc1Cl. The lowest BCUT2D eigenvalue weighted by atomic mass is 9.99. The van der Waals surface area contributed by atoms with Gasteiger partial charge in [-0.25, -0.2) is 0 Å². The molecule has 0 radical (unpaired) electrons. The third-order valence-corrected chi connectivity index (χ3v) is 4.37. The summed E-state index contributed by atoms with van der Waals surface area (Å²) in [6, 6.07) is 5.13. The molecule has 0 aliphatic carbocycles. The Morgan fingerprint density at radius 1 is 1.38 bits per heavy atom. The molecule has 1 unspecified atom stereocenters. The first kappa shape index (κ1) is 16.6. The quantitative estimate of drug-likeness (QED) is 0.872. The van der Waals surface area contributed by atoms with Crippen LogP contribution in [0.2, 0.25) is 10.0 Å². The average Bonchev–Trinajstić information content (AvgIpc) is 2.49. The van der Waals surface area contributed by atoms with Crippen LogP contribution < -0.4 is 5.32 Å². The number of piperidine rings is 1. The van der Waals surface area contributed by atoms with E-state index >= 15 is 0 Å². The van der Waals surface area contributed by atoms with Crippen LogP contribution in [-0.4, -0.2) is 42.2 Å². The van der Waals surface area contributed by atoms with Gasteiger partial charge < -0.3 is 15.3 Å². The largest absolute Gasteiger partial charge is 0.396 e. The molecule has 1 aromatic rings. The number of aliphatic hydroxyl groups excluding tert-OH is 1. The zero-order chi connectivity index (χ0) is 15.2. The number of halogens is 2. The summed E-state index contributed by atoms with van der Waals surface area (Å²) < 4.78 is 0. The van der Waals surface area contributed by atoms with Gasteiger partial charge in [0.1, 0.15) is 0 Å². The summed E-state index contributed by atoms with van der Waals surface area (Å²) in [6.45, 7) is 2.75. The molecular formula is C15H20Cl2N2O2. The number of carbonyl (C=O) groups is 1. The predicted octanol–water partition coefficient (Wildman–Crippen LogP) is 3.03. The first-order valence-corrected chi connectivity index (χ1v) is 7.93. The Morgan fingerprint density at radius 2 is 2.10 bits per heavy atom. The summed E-state index contributed by atoms with van der Waals surface area (Å²) in [4.78, 5) is 14.2. The van der Waals surface area contributed by atoms with E-state index in [4.69, 9.17) is 23.2 Å². The van der Waals surface area contributed by atoms with Crippen LogP contribution in [0.4, 0.5) is 5.69 Å². The zero-order valence-electron chi connectivity index (χ0n) is 11.8. The number of amides is 1. The predicted molar refractivity (Wildman–Crippen MR) is 86.0 cm³/mol. The Bertz CT molecular complexity index is 476. The number of likely N-dealkylation sites (tertiary alicyclic amines) is 1. The minimum atomic E-state index is -0.101. The van der Waals surface area contributed by atoms with Gasteiger partial charge in [-0.3, -0.25) is 4.79 Å². The number of hydrogen-bond donors (Lipinski definition) is 2.